The predicted octanol–water partition coefficient (Wildman–Crippen LogP) is 5.01. The van der Waals surface area contributed by atoms with Crippen LogP contribution in [0.4, 0.5) is 0 Å². The van der Waals surface area contributed by atoms with E-state index in [-0.39, 0.29) is 45.0 Å². The molecule has 0 amide bonds. The lowest BCUT2D eigenvalue weighted by molar-refractivity contribution is -0.118. The van der Waals surface area contributed by atoms with E-state index in [2.05, 4.69) is 31.9 Å². The molecule has 6 unspecified atom stereocenters. The molecule has 308 valence electrons. The zero-order chi connectivity index (χ0) is 40.4. The number of carbonyl (C=O) groups is 4. The molecule has 2 aliphatic carbocycles. The molecule has 8 rings (SSSR count). The van der Waals surface area contributed by atoms with E-state index in [0.29, 0.717) is 54.2 Å². The van der Waals surface area contributed by atoms with Gasteiger partial charge >= 0.3 is 11.9 Å². The number of nitrogens with zero attached hydrogens (tertiary/aromatic N) is 2. The van der Waals surface area contributed by atoms with Gasteiger partial charge in [-0.05, 0) is 70.7 Å². The van der Waals surface area contributed by atoms with E-state index in [0.717, 1.165) is 37.3 Å². The lowest BCUT2D eigenvalue weighted by Gasteiger charge is -2.35. The Bertz CT molecular complexity index is 2080. The van der Waals surface area contributed by atoms with Crippen LogP contribution in [0.5, 0.6) is 23.0 Å². The first-order valence-corrected chi connectivity index (χ1v) is 20.0. The fourth-order valence-corrected chi connectivity index (χ4v) is 10.2. The van der Waals surface area contributed by atoms with E-state index in [1.807, 2.05) is 23.9 Å². The van der Waals surface area contributed by atoms with Gasteiger partial charge in [-0.2, -0.15) is 0 Å². The highest BCUT2D eigenvalue weighted by Gasteiger charge is 2.62. The van der Waals surface area contributed by atoms with E-state index in [1.54, 1.807) is 52.4 Å². The molecule has 2 saturated heterocycles. The topological polar surface area (TPSA) is 171 Å². The summed E-state index contributed by atoms with van der Waals surface area (Å²) < 4.78 is 35.3. The van der Waals surface area contributed by atoms with Gasteiger partial charge in [-0.3, -0.25) is 9.59 Å². The normalized spacial score (nSPS) is 25.6. The van der Waals surface area contributed by atoms with Crippen LogP contribution in [0, 0.1) is 0 Å². The average Bonchev–Trinajstić information content (AvgIpc) is 3.88. The number of rotatable bonds is 8. The number of benzene rings is 2. The number of likely N-dealkylation sites (N-methyl/N-ethyl adjacent to an activating group) is 2. The minimum Gasteiger partial charge on any atom is -0.493 e. The van der Waals surface area contributed by atoms with Crippen molar-refractivity contribution in [2.75, 3.05) is 54.6 Å². The van der Waals surface area contributed by atoms with Gasteiger partial charge in [-0.15, -0.1) is 0 Å². The van der Waals surface area contributed by atoms with Gasteiger partial charge in [-0.1, -0.05) is 7.43 Å². The van der Waals surface area contributed by atoms with Crippen molar-refractivity contribution in [2.45, 2.75) is 82.2 Å². The third-order valence-electron chi connectivity index (χ3n) is 11.6. The molecule has 2 spiro atoms. The molecule has 4 aliphatic heterocycles. The molecular formula is C41H48Br2N2O12. The Morgan fingerprint density at radius 2 is 1.28 bits per heavy atom. The number of aliphatic hydroxyl groups excluding tert-OH is 2. The zero-order valence-corrected chi connectivity index (χ0v) is 35.1. The van der Waals surface area contributed by atoms with Crippen LogP contribution in [0.15, 0.2) is 44.6 Å². The molecule has 16 heteroatoms. The second-order valence-corrected chi connectivity index (χ2v) is 16.7. The number of allylic oxidation sites excluding steroid dienone is 2. The van der Waals surface area contributed by atoms with Gasteiger partial charge in [0.15, 0.2) is 34.6 Å². The van der Waals surface area contributed by atoms with Crippen molar-refractivity contribution < 1.29 is 57.8 Å². The molecule has 2 aromatic rings. The summed E-state index contributed by atoms with van der Waals surface area (Å²) in [5, 5.41) is 18.8. The minimum absolute atomic E-state index is 0. The number of likely N-dealkylation sites (tertiary alicyclic amines) is 2. The van der Waals surface area contributed by atoms with E-state index in [9.17, 15) is 29.4 Å². The summed E-state index contributed by atoms with van der Waals surface area (Å²) in [6.07, 6.45) is 3.06. The monoisotopic (exact) mass is 918 g/mol. The Balaban J connectivity index is 0.000000189. The summed E-state index contributed by atoms with van der Waals surface area (Å²) in [5.41, 5.74) is 2.61. The first-order chi connectivity index (χ1) is 26.6. The standard InChI is InChI=1S/2C20H22BrNO6.CH4/c1-10(23)9-27-19(25)16-12(21)8-13(26-3)18-17(16)20-4-5-22(2)14(20)6-11(24)7-15(20)28-18;1-10(9-23)27-19(25)16-12(21)8-13(26-3)18-17(16)20-4-5-22(2)14(20)6-11(24)7-15(20)28-18;/h2*6,8,10,15,23H,4-5,7,9H2,1-3H3;1H4. The second-order valence-electron chi connectivity index (χ2n) is 15.0. The van der Waals surface area contributed by atoms with E-state index >= 15 is 0 Å². The predicted molar refractivity (Wildman–Crippen MR) is 214 cm³/mol. The van der Waals surface area contributed by atoms with Crippen LogP contribution < -0.4 is 18.9 Å². The summed E-state index contributed by atoms with van der Waals surface area (Å²) in [4.78, 5) is 54.7. The molecule has 0 aromatic heterocycles. The first-order valence-electron chi connectivity index (χ1n) is 18.4. The van der Waals surface area contributed by atoms with Crippen molar-refractivity contribution >= 4 is 55.4 Å². The summed E-state index contributed by atoms with van der Waals surface area (Å²) in [7, 11) is 6.96. The number of hydrogen-bond donors (Lipinski definition) is 2. The Labute approximate surface area is 348 Å². The molecule has 6 atom stereocenters. The van der Waals surface area contributed by atoms with Crippen molar-refractivity contribution in [3.8, 4) is 23.0 Å². The Kier molecular flexibility index (Phi) is 11.9. The zero-order valence-electron chi connectivity index (χ0n) is 31.9. The number of carbonyl (C=O) groups excluding carboxylic acids is 4. The molecule has 0 bridgehead atoms. The maximum atomic E-state index is 13.0. The number of ether oxygens (including phenoxy) is 6. The highest BCUT2D eigenvalue weighted by atomic mass is 79.9. The van der Waals surface area contributed by atoms with Gasteiger partial charge < -0.3 is 48.4 Å². The number of methoxy groups -OCH3 is 2. The quantitative estimate of drug-likeness (QED) is 0.339. The maximum Gasteiger partial charge on any atom is 0.340 e. The van der Waals surface area contributed by atoms with E-state index in [4.69, 9.17) is 28.4 Å². The van der Waals surface area contributed by atoms with Gasteiger partial charge in [0.05, 0.1) is 48.9 Å². The molecule has 0 radical (unpaired) electrons. The summed E-state index contributed by atoms with van der Waals surface area (Å²) in [5.74, 6) is 0.887. The van der Waals surface area contributed by atoms with Crippen LogP contribution in [0.3, 0.4) is 0 Å². The van der Waals surface area contributed by atoms with Crippen LogP contribution in [0.2, 0.25) is 0 Å². The van der Waals surface area contributed by atoms with Gasteiger partial charge in [0.2, 0.25) is 0 Å². The SMILES string of the molecule is C.COc1cc(Br)c(C(=O)OC(C)CO)c2c1OC1CC(=O)C=C3N(C)CCC321.COc1cc(Br)c(C(=O)OCC(C)O)c2c1OC1CC(=O)C=C3N(C)CCC321. The number of aliphatic hydroxyl groups is 2. The number of ketones is 2. The number of hydrogen-bond acceptors (Lipinski definition) is 14. The summed E-state index contributed by atoms with van der Waals surface area (Å²) in [6.45, 7) is 4.29. The molecule has 2 N–H and O–H groups in total. The van der Waals surface area contributed by atoms with Crippen molar-refractivity contribution in [3.63, 3.8) is 0 Å². The molecular weight excluding hydrogens is 872 g/mol. The van der Waals surface area contributed by atoms with Gasteiger partial charge in [0.1, 0.15) is 24.9 Å². The van der Waals surface area contributed by atoms with Crippen LogP contribution in [0.1, 0.15) is 78.8 Å². The van der Waals surface area contributed by atoms with Crippen LogP contribution in [-0.2, 0) is 29.9 Å². The third kappa shape index (κ3) is 6.69. The van der Waals surface area contributed by atoms with E-state index < -0.39 is 47.2 Å². The number of halogens is 2. The molecule has 14 nitrogen and oxygen atoms in total. The van der Waals surface area contributed by atoms with Gasteiger partial charge in [0.25, 0.3) is 0 Å². The summed E-state index contributed by atoms with van der Waals surface area (Å²) in [6, 6.07) is 3.35. The smallest absolute Gasteiger partial charge is 0.340 e. The van der Waals surface area contributed by atoms with Crippen molar-refractivity contribution in [1.29, 1.82) is 0 Å². The van der Waals surface area contributed by atoms with Crippen molar-refractivity contribution in [1.82, 2.24) is 9.80 Å². The molecule has 4 heterocycles. The van der Waals surface area contributed by atoms with Crippen molar-refractivity contribution in [2.24, 2.45) is 0 Å². The van der Waals surface area contributed by atoms with Gasteiger partial charge in [0, 0.05) is 83.6 Å². The maximum absolute atomic E-state index is 13.0. The summed E-state index contributed by atoms with van der Waals surface area (Å²) >= 11 is 6.98. The van der Waals surface area contributed by atoms with Crippen LogP contribution in [0.25, 0.3) is 0 Å². The Hall–Kier alpha value is -4.12. The molecule has 57 heavy (non-hydrogen) atoms. The highest BCUT2D eigenvalue weighted by molar-refractivity contribution is 9.10. The fourth-order valence-electron chi connectivity index (χ4n) is 9.08. The largest absolute Gasteiger partial charge is 0.493 e. The molecule has 2 aromatic carbocycles. The van der Waals surface area contributed by atoms with Crippen LogP contribution >= 0.6 is 31.9 Å². The third-order valence-corrected chi connectivity index (χ3v) is 12.8. The van der Waals surface area contributed by atoms with Crippen molar-refractivity contribution in [3.05, 3.63) is 66.9 Å². The molecule has 6 aliphatic rings. The molecule has 2 fully saturated rings. The number of fused-ring (bicyclic) bond motifs is 2. The minimum atomic E-state index is -0.767. The second kappa shape index (κ2) is 15.9. The Morgan fingerprint density at radius 3 is 1.68 bits per heavy atom. The lowest BCUT2D eigenvalue weighted by atomic mass is 9.68. The highest BCUT2D eigenvalue weighted by Crippen LogP contribution is 2.62. The number of esters is 2. The molecule has 0 saturated carbocycles. The Morgan fingerprint density at radius 1 is 0.842 bits per heavy atom. The van der Waals surface area contributed by atoms with E-state index in [1.165, 1.54) is 0 Å². The fraction of sp³-hybridized carbons (Fsp3) is 0.512. The van der Waals surface area contributed by atoms with Gasteiger partial charge in [-0.25, -0.2) is 9.59 Å². The first kappa shape index (κ1) is 42.5. The lowest BCUT2D eigenvalue weighted by Crippen LogP contribution is -2.44. The van der Waals surface area contributed by atoms with Crippen LogP contribution in [-0.4, -0.2) is 123 Å². The average molecular weight is 921 g/mol.